The minimum absolute atomic E-state index is 0.185. The summed E-state index contributed by atoms with van der Waals surface area (Å²) in [6.45, 7) is 2.02. The largest absolute Gasteiger partial charge is 0.254 e. The van der Waals surface area contributed by atoms with Crippen molar-refractivity contribution in [3.05, 3.63) is 287 Å². The Morgan fingerprint density at radius 1 is 0.189 bits per heavy atom. The molecule has 0 aromatic heterocycles. The molecule has 14 heteroatoms. The Balaban J connectivity index is 1.11. The van der Waals surface area contributed by atoms with E-state index in [1.807, 2.05) is 243 Å². The number of benzene rings is 8. The van der Waals surface area contributed by atoms with Crippen LogP contribution < -0.4 is 0 Å². The Bertz CT molecular complexity index is 2130. The van der Waals surface area contributed by atoms with Crippen molar-refractivity contribution in [2.75, 3.05) is 13.1 Å². The molecule has 0 amide bonds. The van der Waals surface area contributed by atoms with Gasteiger partial charge in [-0.3, -0.25) is 38.7 Å². The second kappa shape index (κ2) is 31.1. The van der Waals surface area contributed by atoms with E-state index in [-0.39, 0.29) is 65.9 Å². The van der Waals surface area contributed by atoms with Crippen LogP contribution in [0.1, 0.15) is 57.3 Å². The number of hydrogen-bond acceptors (Lipinski definition) is 14. The van der Waals surface area contributed by atoms with Crippen LogP contribution in [0, 0.1) is 0 Å². The fraction of sp³-hybridized carbons (Fsp3) is 0.200. The molecule has 0 N–H and O–H groups in total. The zero-order valence-electron chi connectivity index (χ0n) is 41.5. The van der Waals surface area contributed by atoms with Crippen LogP contribution in [0.5, 0.6) is 0 Å². The number of hydrazine groups is 4. The van der Waals surface area contributed by atoms with Crippen LogP contribution in [-0.2, 0) is 91.6 Å². The average Bonchev–Trinajstić information content (AvgIpc) is 3.47. The Morgan fingerprint density at radius 2 is 0.324 bits per heavy atom. The number of nitrogens with zero attached hydrogens (tertiary/aromatic N) is 6. The monoisotopic (exact) mass is 996 g/mol. The summed E-state index contributed by atoms with van der Waals surface area (Å²) in [4.78, 5) is 52.6. The summed E-state index contributed by atoms with van der Waals surface area (Å²) in [7, 11) is 0. The van der Waals surface area contributed by atoms with Gasteiger partial charge >= 0.3 is 0 Å². The zero-order chi connectivity index (χ0) is 50.5. The van der Waals surface area contributed by atoms with Gasteiger partial charge in [0.2, 0.25) is 0 Å². The van der Waals surface area contributed by atoms with Gasteiger partial charge in [-0.05, 0) is 57.3 Å². The standard InChI is InChI=1S/C60H64N6O8/c1-9-27-53(28-10-1)45-67-63(68-46-54-29-11-2-12-30-54)61(64(69-47-55-31-13-3-14-32-55)70-48-56-33-15-4-16-34-56)43-25-26-44-62(65(71-49-57-35-17-5-18-36-57)72-50-58-37-19-6-20-38-58)66(73-51-59-39-21-7-22-40-59)74-52-60-41-23-8-24-42-60/h1-24,27-42H,25-26,43-52H2. The predicted molar refractivity (Wildman–Crippen MR) is 280 cm³/mol. The van der Waals surface area contributed by atoms with Crippen molar-refractivity contribution < 1.29 is 38.7 Å². The van der Waals surface area contributed by atoms with Crippen molar-refractivity contribution in [3.63, 3.8) is 0 Å². The van der Waals surface area contributed by atoms with Crippen molar-refractivity contribution >= 4 is 0 Å². The zero-order valence-corrected chi connectivity index (χ0v) is 41.5. The van der Waals surface area contributed by atoms with Gasteiger partial charge < -0.3 is 0 Å². The average molecular weight is 997 g/mol. The molecule has 0 heterocycles. The van der Waals surface area contributed by atoms with Gasteiger partial charge in [0.05, 0.1) is 52.9 Å². The third kappa shape index (κ3) is 18.6. The maximum Gasteiger partial charge on any atom is 0.0978 e. The second-order valence-corrected chi connectivity index (χ2v) is 16.9. The number of rotatable bonds is 33. The molecule has 0 aliphatic carbocycles. The van der Waals surface area contributed by atoms with E-state index in [0.717, 1.165) is 44.5 Å². The Kier molecular flexibility index (Phi) is 22.4. The predicted octanol–water partition coefficient (Wildman–Crippen LogP) is 12.3. The summed E-state index contributed by atoms with van der Waals surface area (Å²) in [6.07, 6.45) is 1.01. The molecule has 0 aliphatic rings. The molecule has 8 aromatic rings. The molecule has 8 rings (SSSR count). The van der Waals surface area contributed by atoms with Gasteiger partial charge in [-0.15, -0.1) is 0 Å². The van der Waals surface area contributed by atoms with E-state index in [9.17, 15) is 0 Å². The van der Waals surface area contributed by atoms with E-state index < -0.39 is 0 Å². The van der Waals surface area contributed by atoms with E-state index in [4.69, 9.17) is 38.7 Å². The Hall–Kier alpha value is -6.80. The maximum atomic E-state index is 6.58. The Morgan fingerprint density at radius 3 is 0.459 bits per heavy atom. The quantitative estimate of drug-likeness (QED) is 0.0289. The van der Waals surface area contributed by atoms with Crippen molar-refractivity contribution in [2.24, 2.45) is 0 Å². The fourth-order valence-corrected chi connectivity index (χ4v) is 7.27. The van der Waals surface area contributed by atoms with Crippen molar-refractivity contribution in [3.8, 4) is 0 Å². The van der Waals surface area contributed by atoms with Gasteiger partial charge in [0.1, 0.15) is 0 Å². The highest BCUT2D eigenvalue weighted by Gasteiger charge is 2.31. The lowest BCUT2D eigenvalue weighted by molar-refractivity contribution is -0.606. The van der Waals surface area contributed by atoms with E-state index in [1.54, 1.807) is 10.2 Å². The van der Waals surface area contributed by atoms with Gasteiger partial charge in [0, 0.05) is 34.4 Å². The first-order chi connectivity index (χ1) is 36.7. The minimum atomic E-state index is 0.185. The molecule has 0 radical (unpaired) electrons. The van der Waals surface area contributed by atoms with Crippen LogP contribution in [0.3, 0.4) is 0 Å². The van der Waals surface area contributed by atoms with E-state index in [2.05, 4.69) is 0 Å². The smallest absolute Gasteiger partial charge is 0.0978 e. The van der Waals surface area contributed by atoms with Crippen molar-refractivity contribution in [1.82, 2.24) is 31.6 Å². The first kappa shape index (κ1) is 53.5. The van der Waals surface area contributed by atoms with Gasteiger partial charge in [-0.25, -0.2) is 0 Å². The van der Waals surface area contributed by atoms with Crippen LogP contribution in [-0.4, -0.2) is 44.7 Å². The SMILES string of the molecule is c1ccc(CON(OCc2ccccc2)N(CCCCN(N(OCc2ccccc2)OCc2ccccc2)N(OCc2ccccc2)OCc2ccccc2)N(OCc2ccccc2)OCc2ccccc2)cc1. The highest BCUT2D eigenvalue weighted by molar-refractivity contribution is 5.18. The van der Waals surface area contributed by atoms with E-state index in [0.29, 0.717) is 12.8 Å². The highest BCUT2D eigenvalue weighted by Crippen LogP contribution is 2.21. The molecule has 0 spiro atoms. The highest BCUT2D eigenvalue weighted by atomic mass is 17.1. The summed E-state index contributed by atoms with van der Waals surface area (Å²) in [6, 6.07) is 79.4. The molecule has 0 unspecified atom stereocenters. The summed E-state index contributed by atoms with van der Waals surface area (Å²) >= 11 is 0. The van der Waals surface area contributed by atoms with Crippen molar-refractivity contribution in [2.45, 2.75) is 65.7 Å². The molecular formula is C60H64N6O8. The topological polar surface area (TPSA) is 93.3 Å². The molecule has 0 atom stereocenters. The molecule has 0 fully saturated rings. The fourth-order valence-electron chi connectivity index (χ4n) is 7.27. The van der Waals surface area contributed by atoms with Crippen LogP contribution in [0.25, 0.3) is 0 Å². The van der Waals surface area contributed by atoms with Crippen LogP contribution >= 0.6 is 0 Å². The summed E-state index contributed by atoms with van der Waals surface area (Å²) in [5, 5.41) is 8.78. The van der Waals surface area contributed by atoms with Crippen LogP contribution in [0.2, 0.25) is 0 Å². The molecule has 8 aromatic carbocycles. The van der Waals surface area contributed by atoms with Crippen molar-refractivity contribution in [1.29, 1.82) is 0 Å². The number of hydrogen-bond donors (Lipinski definition) is 0. The first-order valence-corrected chi connectivity index (χ1v) is 24.8. The van der Waals surface area contributed by atoms with E-state index in [1.165, 1.54) is 21.3 Å². The maximum absolute atomic E-state index is 6.58. The second-order valence-electron chi connectivity index (χ2n) is 16.9. The molecular weight excluding hydrogens is 933 g/mol. The van der Waals surface area contributed by atoms with Crippen LogP contribution in [0.15, 0.2) is 243 Å². The van der Waals surface area contributed by atoms with Gasteiger partial charge in [0.25, 0.3) is 0 Å². The summed E-state index contributed by atoms with van der Waals surface area (Å²) in [5.41, 5.74) is 7.52. The number of unbranched alkanes of at least 4 members (excludes halogenated alkanes) is 1. The molecule has 74 heavy (non-hydrogen) atoms. The summed E-state index contributed by atoms with van der Waals surface area (Å²) < 4.78 is 0. The third-order valence-corrected chi connectivity index (χ3v) is 11.2. The lowest BCUT2D eigenvalue weighted by Crippen LogP contribution is -2.54. The molecule has 0 aliphatic heterocycles. The third-order valence-electron chi connectivity index (χ3n) is 11.2. The molecule has 382 valence electrons. The normalized spacial score (nSPS) is 11.7. The molecule has 0 saturated carbocycles. The lowest BCUT2D eigenvalue weighted by Gasteiger charge is -2.38. The Labute approximate surface area is 434 Å². The minimum Gasteiger partial charge on any atom is -0.254 e. The summed E-state index contributed by atoms with van der Waals surface area (Å²) in [5.74, 6) is 0. The van der Waals surface area contributed by atoms with Gasteiger partial charge in [-0.2, -0.15) is 0 Å². The van der Waals surface area contributed by atoms with Crippen LogP contribution in [0.4, 0.5) is 0 Å². The molecule has 14 nitrogen and oxygen atoms in total. The lowest BCUT2D eigenvalue weighted by atomic mass is 10.2. The van der Waals surface area contributed by atoms with Gasteiger partial charge in [-0.1, -0.05) is 253 Å². The molecule has 0 saturated heterocycles. The molecule has 0 bridgehead atoms. The first-order valence-electron chi connectivity index (χ1n) is 24.8. The van der Waals surface area contributed by atoms with E-state index >= 15 is 0 Å². The van der Waals surface area contributed by atoms with Gasteiger partial charge in [0.15, 0.2) is 0 Å².